The normalized spacial score (nSPS) is 19.2. The second-order valence-corrected chi connectivity index (χ2v) is 15.6. The van der Waals surface area contributed by atoms with E-state index in [1.165, 1.54) is 24.5 Å². The predicted octanol–water partition coefficient (Wildman–Crippen LogP) is 4.25. The third-order valence-corrected chi connectivity index (χ3v) is 12.1. The van der Waals surface area contributed by atoms with E-state index in [9.17, 15) is 36.0 Å². The molecule has 0 bridgehead atoms. The second-order valence-electron chi connectivity index (χ2n) is 12.6. The molecule has 282 valence electrons. The number of amides is 1. The van der Waals surface area contributed by atoms with Crippen LogP contribution < -0.4 is 20.1 Å². The predicted molar refractivity (Wildman–Crippen MR) is 180 cm³/mol. The molecule has 0 unspecified atom stereocenters. The first kappa shape index (κ1) is 37.3. The van der Waals surface area contributed by atoms with Crippen LogP contribution in [0.1, 0.15) is 56.9 Å². The van der Waals surface area contributed by atoms with Crippen LogP contribution in [0, 0.1) is 0 Å². The number of hydrogen-bond donors (Lipinski definition) is 2. The molecule has 3 aliphatic rings. The number of aromatic nitrogens is 2. The number of fused-ring (bicyclic) bond motifs is 1. The Bertz CT molecular complexity index is 1900. The molecule has 0 spiro atoms. The van der Waals surface area contributed by atoms with Gasteiger partial charge in [-0.3, -0.25) is 4.79 Å². The van der Waals surface area contributed by atoms with E-state index in [0.29, 0.717) is 23.4 Å². The summed E-state index contributed by atoms with van der Waals surface area (Å²) >= 11 is 0.960. The van der Waals surface area contributed by atoms with Gasteiger partial charge in [-0.2, -0.15) is 4.72 Å². The molecule has 6 rings (SSSR count). The zero-order valence-corrected chi connectivity index (χ0v) is 29.4. The van der Waals surface area contributed by atoms with E-state index in [0.717, 1.165) is 67.5 Å². The van der Waals surface area contributed by atoms with Gasteiger partial charge in [-0.25, -0.2) is 28.0 Å². The van der Waals surface area contributed by atoms with Gasteiger partial charge in [0.1, 0.15) is 29.8 Å². The Morgan fingerprint density at radius 3 is 2.52 bits per heavy atom. The number of ether oxygens (including phenoxy) is 4. The van der Waals surface area contributed by atoms with Crippen LogP contribution in [0.4, 0.5) is 28.9 Å². The Hall–Kier alpha value is -4.43. The minimum Gasteiger partial charge on any atom is -0.431 e. The van der Waals surface area contributed by atoms with E-state index in [4.69, 9.17) is 19.9 Å². The number of likely N-dealkylation sites (tertiary alicyclic amines) is 1. The van der Waals surface area contributed by atoms with Crippen molar-refractivity contribution in [3.63, 3.8) is 0 Å². The van der Waals surface area contributed by atoms with Crippen LogP contribution in [0.15, 0.2) is 34.8 Å². The Kier molecular flexibility index (Phi) is 11.2. The fourth-order valence-corrected chi connectivity index (χ4v) is 8.97. The zero-order valence-electron chi connectivity index (χ0n) is 27.8. The number of anilines is 2. The van der Waals surface area contributed by atoms with Crippen molar-refractivity contribution in [2.75, 3.05) is 37.1 Å². The minimum absolute atomic E-state index is 0.0670. The average molecular weight is 771 g/mol. The molecule has 3 N–H and O–H groups in total. The first-order chi connectivity index (χ1) is 24.8. The highest BCUT2D eigenvalue weighted by Gasteiger charge is 2.43. The van der Waals surface area contributed by atoms with Crippen molar-refractivity contribution in [2.45, 2.75) is 86.5 Å². The van der Waals surface area contributed by atoms with Crippen molar-refractivity contribution in [1.29, 1.82) is 0 Å². The van der Waals surface area contributed by atoms with Crippen LogP contribution in [0.3, 0.4) is 0 Å². The van der Waals surface area contributed by atoms with Crippen molar-refractivity contribution >= 4 is 61.1 Å². The number of hydrogen-bond acceptors (Lipinski definition) is 14. The molecule has 3 fully saturated rings. The van der Waals surface area contributed by atoms with E-state index < -0.39 is 65.5 Å². The van der Waals surface area contributed by atoms with Gasteiger partial charge in [-0.15, -0.1) is 13.2 Å². The minimum atomic E-state index is -5.14. The molecule has 1 saturated carbocycles. The number of carbonyl (C=O) groups is 3. The number of sulfonamides is 1. The summed E-state index contributed by atoms with van der Waals surface area (Å²) in [5.41, 5.74) is 5.75. The van der Waals surface area contributed by atoms with Crippen molar-refractivity contribution in [3.8, 4) is 5.75 Å². The third-order valence-electron chi connectivity index (χ3n) is 9.11. The number of nitrogens with two attached hydrogens (primary N) is 1. The van der Waals surface area contributed by atoms with Crippen molar-refractivity contribution in [1.82, 2.24) is 19.6 Å². The summed E-state index contributed by atoms with van der Waals surface area (Å²) < 4.78 is 89.3. The van der Waals surface area contributed by atoms with Crippen LogP contribution in [0.5, 0.6) is 5.75 Å². The molecule has 4 heterocycles. The molecule has 20 heteroatoms. The molecule has 1 aliphatic carbocycles. The molecule has 52 heavy (non-hydrogen) atoms. The lowest BCUT2D eigenvalue weighted by Gasteiger charge is -2.27. The van der Waals surface area contributed by atoms with Crippen molar-refractivity contribution < 1.29 is 54.9 Å². The highest BCUT2D eigenvalue weighted by atomic mass is 32.2. The SMILES string of the molecule is Nc1nccc2cc(C[C@H](C(=O)OCOC(=O)OC3CCCCC3)N3CC[C@H](NS(=O)(=O)c4cnc(N5CCCC5)s4)C3=O)c(OC(F)(F)F)cc12. The molecule has 3 aromatic rings. The third kappa shape index (κ3) is 8.95. The van der Waals surface area contributed by atoms with Crippen LogP contribution in [0.25, 0.3) is 10.8 Å². The molecule has 1 amide bonds. The highest BCUT2D eigenvalue weighted by molar-refractivity contribution is 7.91. The number of nitrogens with zero attached hydrogens (tertiary/aromatic N) is 4. The number of alkyl halides is 3. The molecule has 2 aromatic heterocycles. The van der Waals surface area contributed by atoms with E-state index in [2.05, 4.69) is 19.4 Å². The van der Waals surface area contributed by atoms with Gasteiger partial charge in [0.05, 0.1) is 6.20 Å². The van der Waals surface area contributed by atoms with Gasteiger partial charge in [0.15, 0.2) is 9.34 Å². The maximum absolute atomic E-state index is 13.8. The van der Waals surface area contributed by atoms with E-state index in [1.54, 1.807) is 0 Å². The summed E-state index contributed by atoms with van der Waals surface area (Å²) in [4.78, 5) is 50.7. The number of rotatable bonds is 12. The van der Waals surface area contributed by atoms with Gasteiger partial charge in [0.25, 0.3) is 10.0 Å². The van der Waals surface area contributed by atoms with Crippen LogP contribution in [0.2, 0.25) is 0 Å². The number of carbonyl (C=O) groups excluding carboxylic acids is 3. The second kappa shape index (κ2) is 15.7. The molecule has 0 radical (unpaired) electrons. The van der Waals surface area contributed by atoms with E-state index in [1.807, 2.05) is 4.90 Å². The summed E-state index contributed by atoms with van der Waals surface area (Å²) in [7, 11) is -4.22. The Morgan fingerprint density at radius 1 is 1.04 bits per heavy atom. The molecule has 2 atom stereocenters. The van der Waals surface area contributed by atoms with Gasteiger partial charge in [-0.05, 0) is 74.1 Å². The number of nitrogens with one attached hydrogen (secondary N) is 1. The van der Waals surface area contributed by atoms with Crippen LogP contribution in [-0.2, 0) is 40.2 Å². The van der Waals surface area contributed by atoms with Crippen molar-refractivity contribution in [2.24, 2.45) is 0 Å². The standard InChI is InChI=1S/C32H37F3N6O9S2/c33-32(34,35)50-25-16-22-19(8-10-37-27(22)36)14-20(25)15-24(29(43)47-18-48-31(44)49-21-6-2-1-3-7-21)41-13-9-23(28(41)42)39-52(45,46)26-17-38-30(51-26)40-11-4-5-12-40/h8,10,14,16-17,21,23-24,39H,1-7,9,11-13,15,18H2,(H2,36,37)/t23-,24+/m0/s1. The van der Waals surface area contributed by atoms with Gasteiger partial charge >= 0.3 is 18.5 Å². The van der Waals surface area contributed by atoms with Crippen LogP contribution >= 0.6 is 11.3 Å². The number of pyridine rings is 1. The van der Waals surface area contributed by atoms with Crippen LogP contribution in [-0.4, -0.2) is 92.3 Å². The van der Waals surface area contributed by atoms with E-state index in [-0.39, 0.29) is 40.0 Å². The summed E-state index contributed by atoms with van der Waals surface area (Å²) in [5, 5.41) is 1.06. The largest absolute Gasteiger partial charge is 0.573 e. The van der Waals surface area contributed by atoms with Gasteiger partial charge < -0.3 is 34.5 Å². The Labute approximate surface area is 300 Å². The average Bonchev–Trinajstić information content (AvgIpc) is 3.87. The quantitative estimate of drug-likeness (QED) is 0.196. The monoisotopic (exact) mass is 770 g/mol. The number of esters is 1. The topological polar surface area (TPSA) is 193 Å². The molecule has 15 nitrogen and oxygen atoms in total. The molecule has 1 aromatic carbocycles. The fraction of sp³-hybridized carbons (Fsp3) is 0.531. The Morgan fingerprint density at radius 2 is 1.79 bits per heavy atom. The summed E-state index contributed by atoms with van der Waals surface area (Å²) in [5.74, 6) is -2.72. The maximum atomic E-state index is 13.8. The molecule has 2 aliphatic heterocycles. The lowest BCUT2D eigenvalue weighted by molar-refractivity contribution is -0.274. The molecule has 2 saturated heterocycles. The lowest BCUT2D eigenvalue weighted by atomic mass is 9.98. The van der Waals surface area contributed by atoms with Gasteiger partial charge in [0, 0.05) is 37.6 Å². The molecular weight excluding hydrogens is 734 g/mol. The number of halogens is 3. The number of benzene rings is 1. The summed E-state index contributed by atoms with van der Waals surface area (Å²) in [6, 6.07) is 0.924. The first-order valence-corrected chi connectivity index (χ1v) is 19.0. The fourth-order valence-electron chi connectivity index (χ4n) is 6.56. The van der Waals surface area contributed by atoms with Gasteiger partial charge in [0.2, 0.25) is 12.7 Å². The Balaban J connectivity index is 1.22. The lowest BCUT2D eigenvalue weighted by Crippen LogP contribution is -2.48. The molecular formula is C32H37F3N6O9S2. The summed E-state index contributed by atoms with van der Waals surface area (Å²) in [6.45, 7) is 0.420. The first-order valence-electron chi connectivity index (χ1n) is 16.7. The number of nitrogen functional groups attached to an aromatic ring is 1. The zero-order chi connectivity index (χ0) is 37.0. The van der Waals surface area contributed by atoms with Crippen molar-refractivity contribution in [3.05, 3.63) is 36.2 Å². The maximum Gasteiger partial charge on any atom is 0.573 e. The van der Waals surface area contributed by atoms with E-state index >= 15 is 0 Å². The highest BCUT2D eigenvalue weighted by Crippen LogP contribution is 2.35. The summed E-state index contributed by atoms with van der Waals surface area (Å²) in [6.07, 6.45) is 1.41. The van der Waals surface area contributed by atoms with Gasteiger partial charge in [-0.1, -0.05) is 17.8 Å². The number of thiazole rings is 1. The smallest absolute Gasteiger partial charge is 0.431 e.